The van der Waals surface area contributed by atoms with Gasteiger partial charge in [-0.15, -0.1) is 0 Å². The van der Waals surface area contributed by atoms with E-state index in [0.717, 1.165) is 115 Å². The molecule has 0 aromatic heterocycles. The van der Waals surface area contributed by atoms with E-state index >= 15 is 0 Å². The maximum Gasteiger partial charge on any atom is 0.336 e. The molecule has 534 valence electrons. The van der Waals surface area contributed by atoms with E-state index in [-0.39, 0.29) is 23.6 Å². The minimum absolute atomic E-state index is 0.102. The number of carbonyl (C=O) groups is 5. The number of rotatable bonds is 12. The van der Waals surface area contributed by atoms with E-state index in [1.54, 1.807) is 6.07 Å². The molecular formula is C86H93BrN6O10. The summed E-state index contributed by atoms with van der Waals surface area (Å²) in [4.78, 5) is 74.2. The molecule has 0 radical (unpaired) electrons. The largest absolute Gasteiger partial charge is 0.478 e. The molecule has 17 heteroatoms. The fourth-order valence-electron chi connectivity index (χ4n) is 14.6. The van der Waals surface area contributed by atoms with Crippen LogP contribution in [0.5, 0.6) is 0 Å². The van der Waals surface area contributed by atoms with Crippen LogP contribution in [0.3, 0.4) is 0 Å². The molecule has 0 aliphatic carbocycles. The molecule has 5 saturated heterocycles. The SMILES string of the molecule is Cc1ccc(C(=O)N2CCOCC2)c2ccccc12.Cc1ccc(C(=O)O)c2ccccc12.O=C(c1ccc(CBr)c2ccccc12)N1CCOCC1.O=C(c1ccc(CCC2=NCCC2)c2ccccc12)N1CCOCC1.O=C(c1ccc(CCC2CCCN2)c2ccccc12)N1CCOCC1. The van der Waals surface area contributed by atoms with Gasteiger partial charge in [-0.1, -0.05) is 168 Å². The number of aromatic carboxylic acids is 1. The summed E-state index contributed by atoms with van der Waals surface area (Å²) in [7, 11) is 0. The zero-order valence-corrected chi connectivity index (χ0v) is 60.8. The van der Waals surface area contributed by atoms with Crippen LogP contribution in [0.4, 0.5) is 0 Å². The van der Waals surface area contributed by atoms with Crippen molar-refractivity contribution in [2.75, 3.05) is 118 Å². The second-order valence-electron chi connectivity index (χ2n) is 26.8. The topological polar surface area (TPSA) is 180 Å². The summed E-state index contributed by atoms with van der Waals surface area (Å²) in [5.41, 5.74) is 11.1. The molecule has 6 aliphatic heterocycles. The molecule has 1 atom stereocenters. The van der Waals surface area contributed by atoms with Gasteiger partial charge in [0.25, 0.3) is 23.6 Å². The molecule has 5 fully saturated rings. The third kappa shape index (κ3) is 18.2. The predicted molar refractivity (Wildman–Crippen MR) is 415 cm³/mol. The van der Waals surface area contributed by atoms with Crippen molar-refractivity contribution in [2.24, 2.45) is 4.99 Å². The molecule has 0 saturated carbocycles. The number of aliphatic imine (C=N–C) groups is 1. The summed E-state index contributed by atoms with van der Waals surface area (Å²) in [5.74, 6) is -0.416. The Balaban J connectivity index is 0.000000123. The number of aryl methyl sites for hydroxylation is 4. The Kier molecular flexibility index (Phi) is 25.9. The lowest BCUT2D eigenvalue weighted by molar-refractivity contribution is 0.0302. The van der Waals surface area contributed by atoms with Crippen molar-refractivity contribution < 1.29 is 48.0 Å². The number of fused-ring (bicyclic) bond motifs is 5. The third-order valence-electron chi connectivity index (χ3n) is 20.4. The minimum atomic E-state index is -0.874. The Bertz CT molecular complexity index is 4660. The van der Waals surface area contributed by atoms with Crippen LogP contribution in [0.25, 0.3) is 53.9 Å². The van der Waals surface area contributed by atoms with Gasteiger partial charge in [0.1, 0.15) is 0 Å². The number of carboxylic acids is 1. The summed E-state index contributed by atoms with van der Waals surface area (Å²) < 4.78 is 21.3. The minimum Gasteiger partial charge on any atom is -0.478 e. The van der Waals surface area contributed by atoms with Gasteiger partial charge in [-0.3, -0.25) is 24.2 Å². The molecule has 10 aromatic carbocycles. The Morgan fingerprint density at radius 3 is 1.10 bits per heavy atom. The Labute approximate surface area is 612 Å². The van der Waals surface area contributed by atoms with Gasteiger partial charge in [-0.05, 0) is 184 Å². The zero-order chi connectivity index (χ0) is 71.4. The van der Waals surface area contributed by atoms with Crippen LogP contribution in [-0.2, 0) is 37.1 Å². The average molecular weight is 1450 g/mol. The number of morpholine rings is 4. The van der Waals surface area contributed by atoms with Crippen LogP contribution in [0.2, 0.25) is 0 Å². The number of alkyl halides is 1. The number of hydrogen-bond acceptors (Lipinski definition) is 11. The number of nitrogens with one attached hydrogen (secondary N) is 1. The average Bonchev–Trinajstić information content (AvgIpc) is 1.47. The van der Waals surface area contributed by atoms with E-state index in [4.69, 9.17) is 24.1 Å². The lowest BCUT2D eigenvalue weighted by Gasteiger charge is -2.27. The van der Waals surface area contributed by atoms with Crippen molar-refractivity contribution in [3.63, 3.8) is 0 Å². The highest BCUT2D eigenvalue weighted by atomic mass is 79.9. The smallest absolute Gasteiger partial charge is 0.336 e. The van der Waals surface area contributed by atoms with E-state index in [1.165, 1.54) is 64.4 Å². The maximum atomic E-state index is 13.0. The Morgan fingerprint density at radius 1 is 0.408 bits per heavy atom. The van der Waals surface area contributed by atoms with E-state index < -0.39 is 5.97 Å². The molecule has 6 heterocycles. The van der Waals surface area contributed by atoms with Gasteiger partial charge >= 0.3 is 5.97 Å². The molecule has 0 bridgehead atoms. The molecule has 0 spiro atoms. The van der Waals surface area contributed by atoms with E-state index in [1.807, 2.05) is 142 Å². The fourth-order valence-corrected chi connectivity index (χ4v) is 15.1. The summed E-state index contributed by atoms with van der Waals surface area (Å²) in [5, 5.41) is 24.1. The predicted octanol–water partition coefficient (Wildman–Crippen LogP) is 15.2. The van der Waals surface area contributed by atoms with Gasteiger partial charge in [0.2, 0.25) is 0 Å². The highest BCUT2D eigenvalue weighted by Crippen LogP contribution is 2.31. The molecule has 6 aliphatic rings. The van der Waals surface area contributed by atoms with Gasteiger partial charge in [0.15, 0.2) is 0 Å². The molecule has 103 heavy (non-hydrogen) atoms. The van der Waals surface area contributed by atoms with Crippen LogP contribution in [0.1, 0.15) is 118 Å². The van der Waals surface area contributed by atoms with E-state index in [0.29, 0.717) is 117 Å². The standard InChI is InChI=1S/C21H26N2O2.C21H24N2O2.C16H16BrNO2.C16H17NO2.C12H10O2/c2*24-21(23-12-14-25-15-13-23)20-10-8-16(7-9-17-4-3-11-22-17)18-5-1-2-6-19(18)20;17-11-12-5-6-15(14-4-2-1-3-13(12)14)16(19)18-7-9-20-10-8-18;1-12-6-7-15(14-5-3-2-4-13(12)14)16(18)17-8-10-19-11-9-17;1-8-6-7-11(12(13)14)10-5-3-2-4-9(8)10/h1-2,5-6,8,10,17,22H,3-4,7,9,11-15H2;1-2,5-6,8,10H,3-4,7,9,11-15H2;1-6H,7-11H2;2-7H,8-11H2,1H3;2-7H,1H3,(H,13,14). The lowest BCUT2D eigenvalue weighted by atomic mass is 9.94. The van der Waals surface area contributed by atoms with Crippen molar-refractivity contribution in [3.05, 3.63) is 238 Å². The van der Waals surface area contributed by atoms with Crippen molar-refractivity contribution in [1.82, 2.24) is 24.9 Å². The summed E-state index contributed by atoms with van der Waals surface area (Å²) >= 11 is 3.50. The number of amides is 4. The van der Waals surface area contributed by atoms with Crippen molar-refractivity contribution in [1.29, 1.82) is 0 Å². The molecule has 16 nitrogen and oxygen atoms in total. The van der Waals surface area contributed by atoms with Gasteiger partial charge in [0.05, 0.1) is 58.4 Å². The zero-order valence-electron chi connectivity index (χ0n) is 59.2. The van der Waals surface area contributed by atoms with Gasteiger partial charge in [0, 0.05) is 98.2 Å². The lowest BCUT2D eigenvalue weighted by Crippen LogP contribution is -2.40. The second kappa shape index (κ2) is 36.3. The van der Waals surface area contributed by atoms with Gasteiger partial charge in [-0.25, -0.2) is 4.79 Å². The number of hydrogen-bond donors (Lipinski definition) is 2. The van der Waals surface area contributed by atoms with Crippen LogP contribution in [0, 0.1) is 13.8 Å². The first-order valence-corrected chi connectivity index (χ1v) is 37.6. The molecule has 2 N–H and O–H groups in total. The third-order valence-corrected chi connectivity index (χ3v) is 21.0. The normalized spacial score (nSPS) is 16.7. The first-order valence-electron chi connectivity index (χ1n) is 36.5. The Hall–Kier alpha value is -9.20. The second-order valence-corrected chi connectivity index (χ2v) is 27.4. The number of nitrogens with zero attached hydrogens (tertiary/aromatic N) is 5. The summed E-state index contributed by atoms with van der Waals surface area (Å²) in [6.45, 7) is 16.7. The van der Waals surface area contributed by atoms with Crippen molar-refractivity contribution >= 4 is 105 Å². The number of ether oxygens (including phenoxy) is 4. The maximum absolute atomic E-state index is 13.0. The monoisotopic (exact) mass is 1450 g/mol. The van der Waals surface area contributed by atoms with Crippen LogP contribution >= 0.6 is 15.9 Å². The first kappa shape index (κ1) is 73.5. The molecule has 16 rings (SSSR count). The molecule has 10 aromatic rings. The fraction of sp³-hybridized carbons (Fsp3) is 0.349. The summed E-state index contributed by atoms with van der Waals surface area (Å²) in [6, 6.07) is 60.7. The number of halogens is 1. The summed E-state index contributed by atoms with van der Waals surface area (Å²) in [6.07, 6.45) is 9.16. The highest BCUT2D eigenvalue weighted by molar-refractivity contribution is 9.08. The first-order chi connectivity index (χ1) is 50.4. The molecule has 4 amide bonds. The number of carbonyl (C=O) groups excluding carboxylic acids is 4. The number of benzene rings is 10. The molecule has 1 unspecified atom stereocenters. The Morgan fingerprint density at radius 2 is 0.738 bits per heavy atom. The highest BCUT2D eigenvalue weighted by Gasteiger charge is 2.26. The van der Waals surface area contributed by atoms with E-state index in [9.17, 15) is 24.0 Å². The number of carboxylic acid groups (broad SMARTS) is 1. The van der Waals surface area contributed by atoms with Crippen LogP contribution in [-0.4, -0.2) is 184 Å². The van der Waals surface area contributed by atoms with Crippen LogP contribution in [0.15, 0.2) is 187 Å². The quantitative estimate of drug-likeness (QED) is 0.111. The van der Waals surface area contributed by atoms with Gasteiger partial charge in [-0.2, -0.15) is 0 Å². The van der Waals surface area contributed by atoms with Crippen LogP contribution < -0.4 is 5.32 Å². The molecular weight excluding hydrogens is 1360 g/mol. The van der Waals surface area contributed by atoms with Crippen molar-refractivity contribution in [2.45, 2.75) is 76.6 Å². The van der Waals surface area contributed by atoms with Gasteiger partial charge < -0.3 is 49.0 Å². The van der Waals surface area contributed by atoms with Crippen molar-refractivity contribution in [3.8, 4) is 0 Å². The van der Waals surface area contributed by atoms with E-state index in [2.05, 4.69) is 93.8 Å².